The molecule has 0 aliphatic carbocycles. The largest absolute Gasteiger partial charge is 0.464 e. The number of carbonyl (C=O) groups excluding carboxylic acids is 1. The molecule has 0 saturated carbocycles. The summed E-state index contributed by atoms with van der Waals surface area (Å²) in [5, 5.41) is 3.50. The highest BCUT2D eigenvalue weighted by atomic mass is 16.5. The number of rotatable bonds is 4. The zero-order valence-corrected chi connectivity index (χ0v) is 10.9. The second-order valence-electron chi connectivity index (χ2n) is 5.51. The van der Waals surface area contributed by atoms with Crippen LogP contribution in [0.2, 0.25) is 0 Å². The Morgan fingerprint density at radius 2 is 2.06 bits per heavy atom. The highest BCUT2D eigenvalue weighted by molar-refractivity contribution is 5.77. The maximum Gasteiger partial charge on any atom is 0.323 e. The van der Waals surface area contributed by atoms with E-state index in [1.54, 1.807) is 0 Å². The maximum atomic E-state index is 11.5. The van der Waals surface area contributed by atoms with Crippen molar-refractivity contribution in [2.24, 2.45) is 5.92 Å². The number of cyclic esters (lactones) is 1. The van der Waals surface area contributed by atoms with Crippen LogP contribution >= 0.6 is 0 Å². The van der Waals surface area contributed by atoms with Crippen molar-refractivity contribution in [3.8, 4) is 0 Å². The van der Waals surface area contributed by atoms with Crippen molar-refractivity contribution in [2.75, 3.05) is 26.2 Å². The molecule has 17 heavy (non-hydrogen) atoms. The van der Waals surface area contributed by atoms with Gasteiger partial charge in [-0.15, -0.1) is 0 Å². The molecule has 1 N–H and O–H groups in total. The van der Waals surface area contributed by atoms with E-state index in [1.807, 2.05) is 0 Å². The first-order chi connectivity index (χ1) is 8.16. The molecule has 4 heteroatoms. The molecular weight excluding hydrogens is 216 g/mol. The lowest BCUT2D eigenvalue weighted by molar-refractivity contribution is -0.142. The average Bonchev–Trinajstić information content (AvgIpc) is 2.73. The van der Waals surface area contributed by atoms with E-state index in [9.17, 15) is 4.79 Å². The second kappa shape index (κ2) is 5.83. The van der Waals surface area contributed by atoms with Crippen molar-refractivity contribution < 1.29 is 9.53 Å². The first kappa shape index (κ1) is 12.8. The van der Waals surface area contributed by atoms with Crippen molar-refractivity contribution in [1.29, 1.82) is 0 Å². The normalized spacial score (nSPS) is 27.7. The zero-order chi connectivity index (χ0) is 12.3. The minimum absolute atomic E-state index is 0.0104. The first-order valence-corrected chi connectivity index (χ1v) is 6.81. The Balaban J connectivity index is 1.72. The fraction of sp³-hybridized carbons (Fsp3) is 0.923. The van der Waals surface area contributed by atoms with Gasteiger partial charge in [0.15, 0.2) is 0 Å². The van der Waals surface area contributed by atoms with Gasteiger partial charge in [0.05, 0.1) is 6.61 Å². The highest BCUT2D eigenvalue weighted by Crippen LogP contribution is 2.22. The third-order valence-corrected chi connectivity index (χ3v) is 3.81. The van der Waals surface area contributed by atoms with E-state index in [0.29, 0.717) is 12.6 Å². The van der Waals surface area contributed by atoms with Gasteiger partial charge in [0, 0.05) is 12.5 Å². The minimum Gasteiger partial charge on any atom is -0.464 e. The van der Waals surface area contributed by atoms with E-state index < -0.39 is 0 Å². The molecule has 1 unspecified atom stereocenters. The molecular formula is C13H24N2O2. The molecule has 2 saturated heterocycles. The quantitative estimate of drug-likeness (QED) is 0.745. The molecule has 2 aliphatic rings. The first-order valence-electron chi connectivity index (χ1n) is 6.81. The number of esters is 1. The Bertz CT molecular complexity index is 260. The molecule has 0 aromatic carbocycles. The van der Waals surface area contributed by atoms with Crippen LogP contribution in [-0.2, 0) is 9.53 Å². The van der Waals surface area contributed by atoms with Crippen LogP contribution in [-0.4, -0.2) is 49.2 Å². The second-order valence-corrected chi connectivity index (χ2v) is 5.51. The van der Waals surface area contributed by atoms with Gasteiger partial charge in [0.2, 0.25) is 0 Å². The van der Waals surface area contributed by atoms with E-state index in [1.165, 1.54) is 12.8 Å². The summed E-state index contributed by atoms with van der Waals surface area (Å²) in [6, 6.07) is 0.617. The summed E-state index contributed by atoms with van der Waals surface area (Å²) >= 11 is 0. The Labute approximate surface area is 104 Å². The lowest BCUT2D eigenvalue weighted by Crippen LogP contribution is -2.45. The number of nitrogens with one attached hydrogen (secondary N) is 1. The number of hydrogen-bond donors (Lipinski definition) is 1. The summed E-state index contributed by atoms with van der Waals surface area (Å²) in [5.74, 6) is 0.759. The Morgan fingerprint density at radius 1 is 1.35 bits per heavy atom. The van der Waals surface area contributed by atoms with Crippen molar-refractivity contribution in [3.05, 3.63) is 0 Å². The van der Waals surface area contributed by atoms with Crippen LogP contribution in [0.15, 0.2) is 0 Å². The summed E-state index contributed by atoms with van der Waals surface area (Å²) in [6.07, 6.45) is 3.28. The standard InChI is InChI=1S/C13H24N2O2/c1-10(2)14-9-11-3-6-15(7-4-11)12-5-8-17-13(12)16/h10-12,14H,3-9H2,1-2H3. The molecule has 0 bridgehead atoms. The molecule has 0 spiro atoms. The van der Waals surface area contributed by atoms with Gasteiger partial charge in [0.25, 0.3) is 0 Å². The van der Waals surface area contributed by atoms with E-state index in [2.05, 4.69) is 24.1 Å². The fourth-order valence-corrected chi connectivity index (χ4v) is 2.69. The van der Waals surface area contributed by atoms with E-state index in [4.69, 9.17) is 4.74 Å². The van der Waals surface area contributed by atoms with Gasteiger partial charge in [-0.25, -0.2) is 0 Å². The number of piperidine rings is 1. The van der Waals surface area contributed by atoms with Crippen molar-refractivity contribution in [2.45, 2.75) is 45.2 Å². The maximum absolute atomic E-state index is 11.5. The van der Waals surface area contributed by atoms with Crippen LogP contribution in [0.4, 0.5) is 0 Å². The van der Waals surface area contributed by atoms with Crippen LogP contribution < -0.4 is 5.32 Å². The van der Waals surface area contributed by atoms with Crippen LogP contribution in [0.3, 0.4) is 0 Å². The lowest BCUT2D eigenvalue weighted by Gasteiger charge is -2.34. The van der Waals surface area contributed by atoms with E-state index in [0.717, 1.165) is 32.0 Å². The van der Waals surface area contributed by atoms with Gasteiger partial charge in [-0.2, -0.15) is 0 Å². The Kier molecular flexibility index (Phi) is 4.40. The predicted octanol–water partition coefficient (Wildman–Crippen LogP) is 1.01. The minimum atomic E-state index is -0.0104. The fourth-order valence-electron chi connectivity index (χ4n) is 2.69. The molecule has 98 valence electrons. The van der Waals surface area contributed by atoms with Gasteiger partial charge in [-0.1, -0.05) is 13.8 Å². The van der Waals surface area contributed by atoms with E-state index in [-0.39, 0.29) is 12.0 Å². The third-order valence-electron chi connectivity index (χ3n) is 3.81. The van der Waals surface area contributed by atoms with Crippen molar-refractivity contribution >= 4 is 5.97 Å². The molecule has 2 fully saturated rings. The topological polar surface area (TPSA) is 41.6 Å². The van der Waals surface area contributed by atoms with Crippen LogP contribution in [0.1, 0.15) is 33.1 Å². The van der Waals surface area contributed by atoms with E-state index >= 15 is 0 Å². The predicted molar refractivity (Wildman–Crippen MR) is 66.8 cm³/mol. The van der Waals surface area contributed by atoms with Crippen molar-refractivity contribution in [3.63, 3.8) is 0 Å². The lowest BCUT2D eigenvalue weighted by atomic mass is 9.95. The number of carbonyl (C=O) groups is 1. The molecule has 0 radical (unpaired) electrons. The molecule has 2 heterocycles. The highest BCUT2D eigenvalue weighted by Gasteiger charge is 2.34. The van der Waals surface area contributed by atoms with Gasteiger partial charge in [-0.05, 0) is 38.4 Å². The molecule has 0 aromatic heterocycles. The number of hydrogen-bond acceptors (Lipinski definition) is 4. The number of ether oxygens (including phenoxy) is 1. The van der Waals surface area contributed by atoms with Gasteiger partial charge >= 0.3 is 5.97 Å². The summed E-state index contributed by atoms with van der Waals surface area (Å²) in [4.78, 5) is 13.8. The van der Waals surface area contributed by atoms with Gasteiger partial charge in [0.1, 0.15) is 6.04 Å². The summed E-state index contributed by atoms with van der Waals surface area (Å²) in [6.45, 7) is 8.18. The molecule has 2 rings (SSSR count). The smallest absolute Gasteiger partial charge is 0.323 e. The van der Waals surface area contributed by atoms with Gasteiger partial charge < -0.3 is 10.1 Å². The summed E-state index contributed by atoms with van der Waals surface area (Å²) in [5.41, 5.74) is 0. The summed E-state index contributed by atoms with van der Waals surface area (Å²) < 4.78 is 5.03. The molecule has 4 nitrogen and oxygen atoms in total. The number of nitrogens with zero attached hydrogens (tertiary/aromatic N) is 1. The molecule has 2 aliphatic heterocycles. The molecule has 0 amide bonds. The molecule has 0 aromatic rings. The average molecular weight is 240 g/mol. The van der Waals surface area contributed by atoms with Crippen LogP contribution in [0.25, 0.3) is 0 Å². The van der Waals surface area contributed by atoms with Gasteiger partial charge in [-0.3, -0.25) is 9.69 Å². The summed E-state index contributed by atoms with van der Waals surface area (Å²) in [7, 11) is 0. The molecule has 1 atom stereocenters. The Hall–Kier alpha value is -0.610. The number of likely N-dealkylation sites (tertiary alicyclic amines) is 1. The van der Waals surface area contributed by atoms with Crippen LogP contribution in [0, 0.1) is 5.92 Å². The monoisotopic (exact) mass is 240 g/mol. The van der Waals surface area contributed by atoms with Crippen molar-refractivity contribution in [1.82, 2.24) is 10.2 Å². The Morgan fingerprint density at radius 3 is 2.59 bits per heavy atom. The van der Waals surface area contributed by atoms with Crippen LogP contribution in [0.5, 0.6) is 0 Å². The zero-order valence-electron chi connectivity index (χ0n) is 10.9. The SMILES string of the molecule is CC(C)NCC1CCN(C2CCOC2=O)CC1. The third kappa shape index (κ3) is 3.42.